The van der Waals surface area contributed by atoms with E-state index < -0.39 is 16.0 Å². The van der Waals surface area contributed by atoms with E-state index >= 15 is 0 Å². The number of primary sulfonamides is 1. The van der Waals surface area contributed by atoms with Gasteiger partial charge in [0.25, 0.3) is 0 Å². The van der Waals surface area contributed by atoms with Crippen molar-refractivity contribution in [3.8, 4) is 0 Å². The topological polar surface area (TPSA) is 110 Å². The Balaban J connectivity index is 2.50. The zero-order valence-electron chi connectivity index (χ0n) is 10.4. The molecule has 3 N–H and O–H groups in total. The number of carboxylic acid groups (broad SMARTS) is 1. The van der Waals surface area contributed by atoms with Crippen molar-refractivity contribution in [2.45, 2.75) is 14.8 Å². The maximum Gasteiger partial charge on any atom is 0.336 e. The van der Waals surface area contributed by atoms with Crippen LogP contribution in [-0.2, 0) is 10.0 Å². The highest BCUT2D eigenvalue weighted by atomic mass is 35.5. The number of nitrogens with two attached hydrogens (primary N) is 1. The summed E-state index contributed by atoms with van der Waals surface area (Å²) in [7, 11) is -3.97. The van der Waals surface area contributed by atoms with Crippen LogP contribution in [0.4, 0.5) is 0 Å². The van der Waals surface area contributed by atoms with E-state index in [9.17, 15) is 18.3 Å². The SMILES string of the molecule is NS(=O)(=O)c1ccc(Sc2ncccc2Cl)c(C(=O)O)c1. The van der Waals surface area contributed by atoms with Crippen LogP contribution in [0.3, 0.4) is 0 Å². The van der Waals surface area contributed by atoms with Crippen LogP contribution in [0.5, 0.6) is 0 Å². The number of pyridine rings is 1. The predicted octanol–water partition coefficient (Wildman–Crippen LogP) is 2.23. The summed E-state index contributed by atoms with van der Waals surface area (Å²) in [6.45, 7) is 0. The zero-order chi connectivity index (χ0) is 15.6. The molecule has 0 saturated heterocycles. The van der Waals surface area contributed by atoms with E-state index in [2.05, 4.69) is 4.98 Å². The fourth-order valence-corrected chi connectivity index (χ4v) is 3.15. The van der Waals surface area contributed by atoms with Gasteiger partial charge in [0.2, 0.25) is 10.0 Å². The molecule has 2 rings (SSSR count). The maximum atomic E-state index is 11.3. The third-order valence-corrected chi connectivity index (χ3v) is 4.86. The smallest absolute Gasteiger partial charge is 0.336 e. The number of rotatable bonds is 4. The van der Waals surface area contributed by atoms with E-state index in [1.165, 1.54) is 18.3 Å². The average molecular weight is 345 g/mol. The molecule has 1 heterocycles. The molecule has 0 atom stereocenters. The molecule has 0 aliphatic heterocycles. The molecule has 0 amide bonds. The van der Waals surface area contributed by atoms with Crippen LogP contribution in [-0.4, -0.2) is 24.5 Å². The maximum absolute atomic E-state index is 11.3. The number of aromatic carboxylic acids is 1. The minimum absolute atomic E-state index is 0.187. The molecule has 0 radical (unpaired) electrons. The van der Waals surface area contributed by atoms with Crippen molar-refractivity contribution in [2.24, 2.45) is 5.14 Å². The van der Waals surface area contributed by atoms with Gasteiger partial charge in [0.05, 0.1) is 15.5 Å². The number of sulfonamides is 1. The summed E-state index contributed by atoms with van der Waals surface area (Å²) in [6, 6.07) is 6.88. The van der Waals surface area contributed by atoms with Crippen LogP contribution in [0.1, 0.15) is 10.4 Å². The molecule has 21 heavy (non-hydrogen) atoms. The fraction of sp³-hybridized carbons (Fsp3) is 0. The summed E-state index contributed by atoms with van der Waals surface area (Å²) in [5, 5.41) is 15.0. The van der Waals surface area contributed by atoms with Crippen molar-refractivity contribution in [1.82, 2.24) is 4.98 Å². The lowest BCUT2D eigenvalue weighted by Gasteiger charge is -2.08. The predicted molar refractivity (Wildman–Crippen MR) is 78.1 cm³/mol. The molecule has 9 heteroatoms. The van der Waals surface area contributed by atoms with Gasteiger partial charge in [0.15, 0.2) is 0 Å². The molecule has 0 spiro atoms. The molecule has 1 aromatic heterocycles. The summed E-state index contributed by atoms with van der Waals surface area (Å²) in [6.07, 6.45) is 1.52. The lowest BCUT2D eigenvalue weighted by atomic mass is 10.2. The third-order valence-electron chi connectivity index (χ3n) is 2.44. The van der Waals surface area contributed by atoms with Gasteiger partial charge >= 0.3 is 5.97 Å². The van der Waals surface area contributed by atoms with E-state index in [-0.39, 0.29) is 10.5 Å². The fourth-order valence-electron chi connectivity index (χ4n) is 1.49. The number of aromatic nitrogens is 1. The molecule has 110 valence electrons. The Hall–Kier alpha value is -1.61. The number of benzene rings is 1. The molecule has 6 nitrogen and oxygen atoms in total. The van der Waals surface area contributed by atoms with Gasteiger partial charge in [-0.05, 0) is 30.3 Å². The normalized spacial score (nSPS) is 11.3. The summed E-state index contributed by atoms with van der Waals surface area (Å²) in [5.41, 5.74) is -0.187. The van der Waals surface area contributed by atoms with Gasteiger partial charge in [-0.3, -0.25) is 0 Å². The second-order valence-corrected chi connectivity index (χ2v) is 6.90. The van der Waals surface area contributed by atoms with E-state index in [0.29, 0.717) is 14.9 Å². The van der Waals surface area contributed by atoms with Crippen LogP contribution >= 0.6 is 23.4 Å². The lowest BCUT2D eigenvalue weighted by Crippen LogP contribution is -2.13. The number of halogens is 1. The summed E-state index contributed by atoms with van der Waals surface area (Å²) < 4.78 is 22.6. The number of carboxylic acids is 1. The van der Waals surface area contributed by atoms with Crippen molar-refractivity contribution in [2.75, 3.05) is 0 Å². The largest absolute Gasteiger partial charge is 0.478 e. The van der Waals surface area contributed by atoms with Gasteiger partial charge in [0.1, 0.15) is 5.03 Å². The third kappa shape index (κ3) is 3.73. The minimum atomic E-state index is -3.97. The highest BCUT2D eigenvalue weighted by Crippen LogP contribution is 2.34. The van der Waals surface area contributed by atoms with Gasteiger partial charge < -0.3 is 5.11 Å². The van der Waals surface area contributed by atoms with Gasteiger partial charge in [-0.15, -0.1) is 0 Å². The molecular weight excluding hydrogens is 336 g/mol. The van der Waals surface area contributed by atoms with Crippen LogP contribution in [0.2, 0.25) is 5.02 Å². The molecule has 0 fully saturated rings. The standard InChI is InChI=1S/C12H9ClN2O4S2/c13-9-2-1-5-15-11(9)20-10-4-3-7(21(14,18)19)6-8(10)12(16)17/h1-6H,(H,16,17)(H2,14,18,19). The Morgan fingerprint density at radius 1 is 1.33 bits per heavy atom. The van der Waals surface area contributed by atoms with Gasteiger partial charge in [-0.25, -0.2) is 23.3 Å². The molecule has 1 aromatic carbocycles. The highest BCUT2D eigenvalue weighted by molar-refractivity contribution is 7.99. The molecule has 0 aliphatic rings. The van der Waals surface area contributed by atoms with E-state index in [0.717, 1.165) is 17.8 Å². The Bertz CT molecular complexity index is 809. The Morgan fingerprint density at radius 2 is 2.05 bits per heavy atom. The zero-order valence-corrected chi connectivity index (χ0v) is 12.7. The van der Waals surface area contributed by atoms with Crippen LogP contribution < -0.4 is 5.14 Å². The minimum Gasteiger partial charge on any atom is -0.478 e. The Kier molecular flexibility index (Phi) is 4.52. The number of nitrogens with zero attached hydrogens (tertiary/aromatic N) is 1. The molecule has 0 aliphatic carbocycles. The molecule has 0 bridgehead atoms. The van der Waals surface area contributed by atoms with E-state index in [1.54, 1.807) is 12.1 Å². The first-order valence-corrected chi connectivity index (χ1v) is 8.21. The summed E-state index contributed by atoms with van der Waals surface area (Å²) in [5.74, 6) is -1.27. The van der Waals surface area contributed by atoms with Gasteiger partial charge in [-0.1, -0.05) is 23.4 Å². The second-order valence-electron chi connectivity index (χ2n) is 3.90. The first-order chi connectivity index (χ1) is 9.79. The summed E-state index contributed by atoms with van der Waals surface area (Å²) in [4.78, 5) is 15.4. The molecule has 0 saturated carbocycles. The monoisotopic (exact) mass is 344 g/mol. The number of hydrogen-bond donors (Lipinski definition) is 2. The van der Waals surface area contributed by atoms with Gasteiger partial charge in [-0.2, -0.15) is 0 Å². The van der Waals surface area contributed by atoms with Crippen LogP contribution in [0.25, 0.3) is 0 Å². The Morgan fingerprint density at radius 3 is 2.62 bits per heavy atom. The van der Waals surface area contributed by atoms with Crippen LogP contribution in [0.15, 0.2) is 51.3 Å². The van der Waals surface area contributed by atoms with Crippen molar-refractivity contribution in [1.29, 1.82) is 0 Å². The first kappa shape index (κ1) is 15.8. The number of carbonyl (C=O) groups is 1. The van der Waals surface area contributed by atoms with Crippen molar-refractivity contribution >= 4 is 39.4 Å². The van der Waals surface area contributed by atoms with Crippen molar-refractivity contribution in [3.63, 3.8) is 0 Å². The van der Waals surface area contributed by atoms with E-state index in [4.69, 9.17) is 16.7 Å². The van der Waals surface area contributed by atoms with Crippen molar-refractivity contribution < 1.29 is 18.3 Å². The van der Waals surface area contributed by atoms with Crippen LogP contribution in [0, 0.1) is 0 Å². The average Bonchev–Trinajstić information content (AvgIpc) is 2.40. The Labute approximate surface area is 130 Å². The highest BCUT2D eigenvalue weighted by Gasteiger charge is 2.17. The van der Waals surface area contributed by atoms with Crippen molar-refractivity contribution in [3.05, 3.63) is 47.1 Å². The quantitative estimate of drug-likeness (QED) is 0.879. The molecule has 0 unspecified atom stereocenters. The first-order valence-electron chi connectivity index (χ1n) is 5.47. The summed E-state index contributed by atoms with van der Waals surface area (Å²) >= 11 is 6.99. The molecular formula is C12H9ClN2O4S2. The lowest BCUT2D eigenvalue weighted by molar-refractivity contribution is 0.0693. The van der Waals surface area contributed by atoms with E-state index in [1.807, 2.05) is 0 Å². The number of hydrogen-bond acceptors (Lipinski definition) is 5. The van der Waals surface area contributed by atoms with Gasteiger partial charge in [0, 0.05) is 11.1 Å². The molecule has 2 aromatic rings. The second kappa shape index (κ2) is 6.02.